The molecule has 0 bridgehead atoms. The summed E-state index contributed by atoms with van der Waals surface area (Å²) in [5.74, 6) is -0.0969. The van der Waals surface area contributed by atoms with Crippen LogP contribution in [0.1, 0.15) is 19.3 Å². The second kappa shape index (κ2) is 5.72. The van der Waals surface area contributed by atoms with Crippen LogP contribution in [-0.2, 0) is 9.53 Å². The molecule has 0 aromatic carbocycles. The maximum absolute atomic E-state index is 11.6. The molecule has 0 radical (unpaired) electrons. The summed E-state index contributed by atoms with van der Waals surface area (Å²) >= 11 is 1.84. The van der Waals surface area contributed by atoms with Crippen LogP contribution in [0, 0.1) is 0 Å². The Morgan fingerprint density at radius 3 is 2.67 bits per heavy atom. The molecule has 5 heteroatoms. The largest absolute Gasteiger partial charge is 0.370 e. The Bertz CT molecular complexity index is 210. The Labute approximate surface area is 95.3 Å². The van der Waals surface area contributed by atoms with Crippen molar-refractivity contribution in [2.45, 2.75) is 30.1 Å². The molecule has 1 rings (SSSR count). The summed E-state index contributed by atoms with van der Waals surface area (Å²) in [6, 6.07) is 0. The Morgan fingerprint density at radius 2 is 2.33 bits per heavy atom. The van der Waals surface area contributed by atoms with E-state index in [0.717, 1.165) is 6.54 Å². The lowest BCUT2D eigenvalue weighted by molar-refractivity contribution is -0.130. The van der Waals surface area contributed by atoms with Crippen molar-refractivity contribution in [2.75, 3.05) is 26.5 Å². The first-order chi connectivity index (χ1) is 7.17. The minimum Gasteiger partial charge on any atom is -0.370 e. The second-order valence-electron chi connectivity index (χ2n) is 3.92. The van der Waals surface area contributed by atoms with Gasteiger partial charge in [-0.05, 0) is 19.1 Å². The lowest BCUT2D eigenvalue weighted by Gasteiger charge is -2.40. The Balaban J connectivity index is 2.32. The van der Waals surface area contributed by atoms with Gasteiger partial charge in [0, 0.05) is 24.9 Å². The fourth-order valence-corrected chi connectivity index (χ4v) is 2.61. The second-order valence-corrected chi connectivity index (χ2v) is 5.19. The first-order valence-corrected chi connectivity index (χ1v) is 6.45. The highest BCUT2D eigenvalue weighted by atomic mass is 32.2. The predicted octanol–water partition coefficient (Wildman–Crippen LogP) is 0.362. The smallest absolute Gasteiger partial charge is 0.250 e. The molecule has 1 unspecified atom stereocenters. The molecule has 0 saturated heterocycles. The number of hydrogen-bond acceptors (Lipinski definition) is 4. The predicted molar refractivity (Wildman–Crippen MR) is 63.0 cm³/mol. The van der Waals surface area contributed by atoms with Gasteiger partial charge in [-0.25, -0.2) is 0 Å². The number of methoxy groups -OCH3 is 1. The molecule has 1 amide bonds. The van der Waals surface area contributed by atoms with Gasteiger partial charge in [-0.1, -0.05) is 6.42 Å². The first kappa shape index (κ1) is 12.8. The zero-order chi connectivity index (χ0) is 11.3. The van der Waals surface area contributed by atoms with Crippen LogP contribution < -0.4 is 11.1 Å². The SMILES string of the molecule is COC(CN)C(=O)NCC1(SC)CCC1. The van der Waals surface area contributed by atoms with E-state index < -0.39 is 6.10 Å². The molecule has 1 fully saturated rings. The van der Waals surface area contributed by atoms with Crippen molar-refractivity contribution >= 4 is 17.7 Å². The van der Waals surface area contributed by atoms with Gasteiger partial charge >= 0.3 is 0 Å². The lowest BCUT2D eigenvalue weighted by Crippen LogP contribution is -2.49. The molecule has 1 aliphatic carbocycles. The van der Waals surface area contributed by atoms with Gasteiger partial charge in [-0.15, -0.1) is 0 Å². The van der Waals surface area contributed by atoms with Crippen LogP contribution in [0.15, 0.2) is 0 Å². The average Bonchev–Trinajstić information content (AvgIpc) is 2.19. The quantitative estimate of drug-likeness (QED) is 0.694. The molecule has 0 heterocycles. The van der Waals surface area contributed by atoms with Crippen molar-refractivity contribution in [2.24, 2.45) is 5.73 Å². The average molecular weight is 232 g/mol. The molecular formula is C10H20N2O2S. The summed E-state index contributed by atoms with van der Waals surface area (Å²) in [7, 11) is 1.50. The van der Waals surface area contributed by atoms with Gasteiger partial charge in [-0.3, -0.25) is 4.79 Å². The van der Waals surface area contributed by atoms with Gasteiger partial charge in [0.25, 0.3) is 0 Å². The van der Waals surface area contributed by atoms with Crippen molar-refractivity contribution in [3.05, 3.63) is 0 Å². The summed E-state index contributed by atoms with van der Waals surface area (Å²) < 4.78 is 5.23. The summed E-state index contributed by atoms with van der Waals surface area (Å²) in [6.07, 6.45) is 5.23. The molecule has 1 saturated carbocycles. The highest BCUT2D eigenvalue weighted by Gasteiger charge is 2.36. The molecule has 1 atom stereocenters. The van der Waals surface area contributed by atoms with Crippen LogP contribution in [0.3, 0.4) is 0 Å². The standard InChI is InChI=1S/C10H20N2O2S/c1-14-8(6-11)9(13)12-7-10(15-2)4-3-5-10/h8H,3-7,11H2,1-2H3,(H,12,13). The number of hydrogen-bond donors (Lipinski definition) is 2. The number of nitrogens with one attached hydrogen (secondary N) is 1. The van der Waals surface area contributed by atoms with Gasteiger partial charge in [-0.2, -0.15) is 11.8 Å². The summed E-state index contributed by atoms with van der Waals surface area (Å²) in [4.78, 5) is 11.6. The fraction of sp³-hybridized carbons (Fsp3) is 0.900. The van der Waals surface area contributed by atoms with Crippen LogP contribution in [0.5, 0.6) is 0 Å². The number of rotatable bonds is 6. The van der Waals surface area contributed by atoms with Crippen LogP contribution >= 0.6 is 11.8 Å². The highest BCUT2D eigenvalue weighted by Crippen LogP contribution is 2.42. The van der Waals surface area contributed by atoms with E-state index in [-0.39, 0.29) is 17.2 Å². The van der Waals surface area contributed by atoms with E-state index in [4.69, 9.17) is 10.5 Å². The third kappa shape index (κ3) is 3.09. The van der Waals surface area contributed by atoms with Gasteiger partial charge in [0.15, 0.2) is 0 Å². The van der Waals surface area contributed by atoms with Crippen LogP contribution in [-0.4, -0.2) is 43.2 Å². The van der Waals surface area contributed by atoms with E-state index in [1.54, 1.807) is 0 Å². The molecule has 1 aliphatic rings. The normalized spacial score (nSPS) is 20.5. The van der Waals surface area contributed by atoms with Crippen molar-refractivity contribution in [3.8, 4) is 0 Å². The number of carbonyl (C=O) groups is 1. The minimum absolute atomic E-state index is 0.0969. The molecule has 15 heavy (non-hydrogen) atoms. The van der Waals surface area contributed by atoms with E-state index in [1.165, 1.54) is 26.4 Å². The molecule has 0 aliphatic heterocycles. The zero-order valence-electron chi connectivity index (χ0n) is 9.41. The van der Waals surface area contributed by atoms with Crippen molar-refractivity contribution < 1.29 is 9.53 Å². The monoisotopic (exact) mass is 232 g/mol. The molecule has 88 valence electrons. The van der Waals surface area contributed by atoms with E-state index in [2.05, 4.69) is 11.6 Å². The Hall–Kier alpha value is -0.260. The minimum atomic E-state index is -0.510. The number of nitrogens with two attached hydrogens (primary N) is 1. The summed E-state index contributed by atoms with van der Waals surface area (Å²) in [6.45, 7) is 0.960. The van der Waals surface area contributed by atoms with E-state index in [1.807, 2.05) is 11.8 Å². The van der Waals surface area contributed by atoms with Crippen LogP contribution in [0.2, 0.25) is 0 Å². The maximum Gasteiger partial charge on any atom is 0.250 e. The van der Waals surface area contributed by atoms with Crippen molar-refractivity contribution in [3.63, 3.8) is 0 Å². The number of thioether (sulfide) groups is 1. The molecule has 0 spiro atoms. The lowest BCUT2D eigenvalue weighted by atomic mass is 9.84. The van der Waals surface area contributed by atoms with Gasteiger partial charge in [0.1, 0.15) is 6.10 Å². The van der Waals surface area contributed by atoms with E-state index in [9.17, 15) is 4.79 Å². The van der Waals surface area contributed by atoms with Crippen LogP contribution in [0.4, 0.5) is 0 Å². The summed E-state index contributed by atoms with van der Waals surface area (Å²) in [5.41, 5.74) is 5.41. The van der Waals surface area contributed by atoms with Crippen molar-refractivity contribution in [1.82, 2.24) is 5.32 Å². The third-order valence-corrected chi connectivity index (χ3v) is 4.49. The number of ether oxygens (including phenoxy) is 1. The molecule has 0 aromatic rings. The van der Waals surface area contributed by atoms with Crippen molar-refractivity contribution in [1.29, 1.82) is 0 Å². The highest BCUT2D eigenvalue weighted by molar-refractivity contribution is 8.00. The molecular weight excluding hydrogens is 212 g/mol. The van der Waals surface area contributed by atoms with Gasteiger partial charge in [0.05, 0.1) is 0 Å². The fourth-order valence-electron chi connectivity index (χ4n) is 1.70. The first-order valence-electron chi connectivity index (χ1n) is 5.23. The summed E-state index contributed by atoms with van der Waals surface area (Å²) in [5, 5.41) is 2.91. The van der Waals surface area contributed by atoms with E-state index >= 15 is 0 Å². The molecule has 4 nitrogen and oxygen atoms in total. The Kier molecular flexibility index (Phi) is 4.89. The topological polar surface area (TPSA) is 64.3 Å². The van der Waals surface area contributed by atoms with Gasteiger partial charge < -0.3 is 15.8 Å². The third-order valence-electron chi connectivity index (χ3n) is 3.07. The maximum atomic E-state index is 11.6. The molecule has 0 aromatic heterocycles. The number of carbonyl (C=O) groups excluding carboxylic acids is 1. The van der Waals surface area contributed by atoms with Crippen LogP contribution in [0.25, 0.3) is 0 Å². The van der Waals surface area contributed by atoms with Gasteiger partial charge in [0.2, 0.25) is 5.91 Å². The van der Waals surface area contributed by atoms with E-state index in [0.29, 0.717) is 0 Å². The number of amides is 1. The Morgan fingerprint density at radius 1 is 1.67 bits per heavy atom. The molecule has 3 N–H and O–H groups in total. The zero-order valence-corrected chi connectivity index (χ0v) is 10.2.